The van der Waals surface area contributed by atoms with Gasteiger partial charge in [-0.1, -0.05) is 12.1 Å². The Bertz CT molecular complexity index is 1080. The van der Waals surface area contributed by atoms with Gasteiger partial charge in [0.1, 0.15) is 12.7 Å². The van der Waals surface area contributed by atoms with E-state index in [1.165, 1.54) is 31.6 Å². The van der Waals surface area contributed by atoms with Crippen LogP contribution in [0, 0.1) is 0 Å². The van der Waals surface area contributed by atoms with Gasteiger partial charge in [-0.2, -0.15) is 5.10 Å². The number of esters is 1. The molecule has 0 aliphatic carbocycles. The first-order chi connectivity index (χ1) is 13.3. The molecule has 2 aromatic carbocycles. The van der Waals surface area contributed by atoms with Crippen molar-refractivity contribution < 1.29 is 17.9 Å². The van der Waals surface area contributed by atoms with Crippen LogP contribution < -0.4 is 4.72 Å². The number of ether oxygens (including phenoxy) is 1. The minimum Gasteiger partial charge on any atom is -0.465 e. The Hall–Kier alpha value is -2.56. The lowest BCUT2D eigenvalue weighted by molar-refractivity contribution is 0.0599. The summed E-state index contributed by atoms with van der Waals surface area (Å²) in [5, 5.41) is 4.05. The Morgan fingerprint density at radius 2 is 1.93 bits per heavy atom. The summed E-state index contributed by atoms with van der Waals surface area (Å²) < 4.78 is 34.8. The SMILES string of the molecule is COC(=O)c1cc(S(=O)(=O)NC(C)c2ccc(-n3cncn3)cc2)ccc1Br. The highest BCUT2D eigenvalue weighted by atomic mass is 79.9. The fraction of sp³-hybridized carbons (Fsp3) is 0.167. The molecule has 28 heavy (non-hydrogen) atoms. The Balaban J connectivity index is 1.81. The van der Waals surface area contributed by atoms with Crippen LogP contribution in [0.15, 0.2) is 64.5 Å². The van der Waals surface area contributed by atoms with Crippen molar-refractivity contribution in [2.75, 3.05) is 7.11 Å². The number of nitrogens with zero attached hydrogens (tertiary/aromatic N) is 3. The Morgan fingerprint density at radius 3 is 2.54 bits per heavy atom. The van der Waals surface area contributed by atoms with Crippen molar-refractivity contribution in [2.24, 2.45) is 0 Å². The molecule has 0 radical (unpaired) electrons. The van der Waals surface area contributed by atoms with E-state index in [2.05, 4.69) is 35.5 Å². The summed E-state index contributed by atoms with van der Waals surface area (Å²) in [5.41, 5.74) is 1.72. The molecule has 0 aliphatic rings. The number of hydrogen-bond donors (Lipinski definition) is 1. The van der Waals surface area contributed by atoms with Crippen LogP contribution in [0.1, 0.15) is 28.9 Å². The molecular formula is C18H17BrN4O4S. The lowest BCUT2D eigenvalue weighted by Gasteiger charge is -2.16. The zero-order valence-corrected chi connectivity index (χ0v) is 17.4. The maximum absolute atomic E-state index is 12.7. The molecule has 0 fully saturated rings. The number of rotatable bonds is 6. The first kappa shape index (κ1) is 20.2. The number of benzene rings is 2. The number of halogens is 1. The summed E-state index contributed by atoms with van der Waals surface area (Å²) in [7, 11) is -2.61. The van der Waals surface area contributed by atoms with Gasteiger partial charge in [0, 0.05) is 10.5 Å². The van der Waals surface area contributed by atoms with E-state index < -0.39 is 22.0 Å². The van der Waals surface area contributed by atoms with Gasteiger partial charge in [0.2, 0.25) is 10.0 Å². The van der Waals surface area contributed by atoms with Crippen molar-refractivity contribution in [3.63, 3.8) is 0 Å². The molecule has 0 amide bonds. The average Bonchev–Trinajstić information content (AvgIpc) is 3.22. The first-order valence-electron chi connectivity index (χ1n) is 8.17. The number of hydrogen-bond acceptors (Lipinski definition) is 6. The molecule has 3 aromatic rings. The topological polar surface area (TPSA) is 103 Å². The number of carbonyl (C=O) groups is 1. The highest BCUT2D eigenvalue weighted by molar-refractivity contribution is 9.10. The van der Waals surface area contributed by atoms with Gasteiger partial charge < -0.3 is 4.74 Å². The number of sulfonamides is 1. The molecule has 10 heteroatoms. The molecule has 1 N–H and O–H groups in total. The molecule has 0 bridgehead atoms. The van der Waals surface area contributed by atoms with Crippen LogP contribution in [0.5, 0.6) is 0 Å². The Labute approximate surface area is 170 Å². The molecule has 3 rings (SSSR count). The molecule has 0 saturated heterocycles. The number of methoxy groups -OCH3 is 1. The van der Waals surface area contributed by atoms with E-state index in [4.69, 9.17) is 0 Å². The normalized spacial score (nSPS) is 12.5. The molecule has 1 atom stereocenters. The second-order valence-electron chi connectivity index (χ2n) is 5.91. The van der Waals surface area contributed by atoms with Crippen molar-refractivity contribution in [1.29, 1.82) is 0 Å². The predicted molar refractivity (Wildman–Crippen MR) is 106 cm³/mol. The van der Waals surface area contributed by atoms with Gasteiger partial charge in [-0.15, -0.1) is 0 Å². The number of aromatic nitrogens is 3. The van der Waals surface area contributed by atoms with E-state index in [1.807, 2.05) is 24.3 Å². The van der Waals surface area contributed by atoms with Crippen LogP contribution in [0.25, 0.3) is 5.69 Å². The molecule has 1 heterocycles. The molecule has 0 aliphatic heterocycles. The van der Waals surface area contributed by atoms with Crippen LogP contribution in [-0.2, 0) is 14.8 Å². The summed E-state index contributed by atoms with van der Waals surface area (Å²) in [5.74, 6) is -0.624. The van der Waals surface area contributed by atoms with Crippen LogP contribution in [0.2, 0.25) is 0 Å². The summed E-state index contributed by atoms with van der Waals surface area (Å²) in [6.07, 6.45) is 3.01. The lowest BCUT2D eigenvalue weighted by atomic mass is 10.1. The van der Waals surface area contributed by atoms with Crippen molar-refractivity contribution in [3.05, 3.63) is 70.7 Å². The molecule has 0 saturated carbocycles. The average molecular weight is 465 g/mol. The maximum atomic E-state index is 12.7. The standard InChI is InChI=1S/C18H17BrN4O4S/c1-12(13-3-5-14(6-4-13)23-11-20-10-21-23)22-28(25,26)15-7-8-17(19)16(9-15)18(24)27-2/h3-12,22H,1-2H3. The zero-order valence-electron chi connectivity index (χ0n) is 15.0. The molecular weight excluding hydrogens is 448 g/mol. The largest absolute Gasteiger partial charge is 0.465 e. The Kier molecular flexibility index (Phi) is 5.92. The van der Waals surface area contributed by atoms with E-state index in [9.17, 15) is 13.2 Å². The molecule has 1 unspecified atom stereocenters. The summed E-state index contributed by atoms with van der Waals surface area (Å²) >= 11 is 3.22. The third-order valence-electron chi connectivity index (χ3n) is 4.06. The van der Waals surface area contributed by atoms with Crippen LogP contribution in [0.4, 0.5) is 0 Å². The van der Waals surface area contributed by atoms with E-state index in [0.29, 0.717) is 4.47 Å². The smallest absolute Gasteiger partial charge is 0.339 e. The highest BCUT2D eigenvalue weighted by Crippen LogP contribution is 2.24. The van der Waals surface area contributed by atoms with Crippen LogP contribution >= 0.6 is 15.9 Å². The maximum Gasteiger partial charge on any atom is 0.339 e. The van der Waals surface area contributed by atoms with Crippen LogP contribution in [-0.4, -0.2) is 36.3 Å². The summed E-state index contributed by atoms with van der Waals surface area (Å²) in [6, 6.07) is 11.0. The minimum absolute atomic E-state index is 0.0258. The van der Waals surface area contributed by atoms with Crippen molar-refractivity contribution in [2.45, 2.75) is 17.9 Å². The van der Waals surface area contributed by atoms with E-state index in [1.54, 1.807) is 17.9 Å². The second-order valence-corrected chi connectivity index (χ2v) is 8.48. The third kappa shape index (κ3) is 4.29. The van der Waals surface area contributed by atoms with Gasteiger partial charge in [-0.05, 0) is 58.7 Å². The van der Waals surface area contributed by atoms with Crippen molar-refractivity contribution in [3.8, 4) is 5.69 Å². The Morgan fingerprint density at radius 1 is 1.21 bits per heavy atom. The van der Waals surface area contributed by atoms with E-state index in [-0.39, 0.29) is 10.5 Å². The quantitative estimate of drug-likeness (QED) is 0.562. The van der Waals surface area contributed by atoms with Crippen molar-refractivity contribution >= 4 is 31.9 Å². The molecule has 146 valence electrons. The van der Waals surface area contributed by atoms with Gasteiger partial charge in [-0.3, -0.25) is 0 Å². The fourth-order valence-electron chi connectivity index (χ4n) is 2.56. The van der Waals surface area contributed by atoms with E-state index >= 15 is 0 Å². The second kappa shape index (κ2) is 8.21. The van der Waals surface area contributed by atoms with Gasteiger partial charge in [0.15, 0.2) is 0 Å². The molecule has 8 nitrogen and oxygen atoms in total. The van der Waals surface area contributed by atoms with Gasteiger partial charge in [-0.25, -0.2) is 27.6 Å². The summed E-state index contributed by atoms with van der Waals surface area (Å²) in [4.78, 5) is 15.7. The highest BCUT2D eigenvalue weighted by Gasteiger charge is 2.21. The van der Waals surface area contributed by atoms with Gasteiger partial charge in [0.05, 0.1) is 23.3 Å². The third-order valence-corrected chi connectivity index (χ3v) is 6.29. The lowest BCUT2D eigenvalue weighted by Crippen LogP contribution is -2.27. The van der Waals surface area contributed by atoms with Gasteiger partial charge in [0.25, 0.3) is 0 Å². The van der Waals surface area contributed by atoms with Crippen molar-refractivity contribution in [1.82, 2.24) is 19.5 Å². The predicted octanol–water partition coefficient (Wildman–Crippen LogP) is 2.86. The number of nitrogens with one attached hydrogen (secondary N) is 1. The number of carbonyl (C=O) groups excluding carboxylic acids is 1. The van der Waals surface area contributed by atoms with Gasteiger partial charge >= 0.3 is 5.97 Å². The zero-order chi connectivity index (χ0) is 20.3. The molecule has 1 aromatic heterocycles. The summed E-state index contributed by atoms with van der Waals surface area (Å²) in [6.45, 7) is 1.74. The molecule has 0 spiro atoms. The monoisotopic (exact) mass is 464 g/mol. The minimum atomic E-state index is -3.85. The fourth-order valence-corrected chi connectivity index (χ4v) is 4.23. The first-order valence-corrected chi connectivity index (χ1v) is 10.4. The van der Waals surface area contributed by atoms with Crippen LogP contribution in [0.3, 0.4) is 0 Å². The van der Waals surface area contributed by atoms with E-state index in [0.717, 1.165) is 11.3 Å².